The molecule has 1 saturated heterocycles. The first kappa shape index (κ1) is 16.5. The summed E-state index contributed by atoms with van der Waals surface area (Å²) in [6.45, 7) is 3.63. The Hall–Kier alpha value is -1.95. The summed E-state index contributed by atoms with van der Waals surface area (Å²) in [6, 6.07) is 2.97. The van der Waals surface area contributed by atoms with E-state index in [1.54, 1.807) is 0 Å². The number of carbonyl (C=O) groups is 2. The molecule has 0 bridgehead atoms. The lowest BCUT2D eigenvalue weighted by molar-refractivity contribution is -0.00938. The SMILES string of the molecule is CC1c2cc(F)cc(C(N)=O)c2C(=O)N1C1CN(C2CCCCC2)C1. The van der Waals surface area contributed by atoms with Crippen molar-refractivity contribution in [3.63, 3.8) is 0 Å². The quantitative estimate of drug-likeness (QED) is 0.915. The molecule has 4 rings (SSSR count). The number of primary amides is 1. The largest absolute Gasteiger partial charge is 0.366 e. The Labute approximate surface area is 147 Å². The number of nitrogens with zero attached hydrogens (tertiary/aromatic N) is 2. The van der Waals surface area contributed by atoms with Gasteiger partial charge in [0.05, 0.1) is 23.2 Å². The highest BCUT2D eigenvalue weighted by molar-refractivity contribution is 6.09. The topological polar surface area (TPSA) is 66.6 Å². The third-order valence-corrected chi connectivity index (χ3v) is 6.09. The van der Waals surface area contributed by atoms with Crippen LogP contribution in [0, 0.1) is 5.82 Å². The number of fused-ring (bicyclic) bond motifs is 1. The maximum atomic E-state index is 13.9. The monoisotopic (exact) mass is 345 g/mol. The smallest absolute Gasteiger partial charge is 0.255 e. The van der Waals surface area contributed by atoms with Crippen LogP contribution < -0.4 is 5.73 Å². The molecule has 2 N–H and O–H groups in total. The Morgan fingerprint density at radius 3 is 2.48 bits per heavy atom. The second-order valence-corrected chi connectivity index (χ2v) is 7.57. The summed E-state index contributed by atoms with van der Waals surface area (Å²) in [7, 11) is 0. The van der Waals surface area contributed by atoms with Gasteiger partial charge in [-0.25, -0.2) is 4.39 Å². The van der Waals surface area contributed by atoms with Crippen molar-refractivity contribution >= 4 is 11.8 Å². The summed E-state index contributed by atoms with van der Waals surface area (Å²) < 4.78 is 13.9. The molecular formula is C19H24FN3O2. The van der Waals surface area contributed by atoms with Crippen LogP contribution in [0.25, 0.3) is 0 Å². The zero-order valence-corrected chi connectivity index (χ0v) is 14.5. The molecule has 2 aliphatic heterocycles. The van der Waals surface area contributed by atoms with Gasteiger partial charge in [-0.15, -0.1) is 0 Å². The van der Waals surface area contributed by atoms with Gasteiger partial charge in [0.1, 0.15) is 5.82 Å². The molecule has 1 aromatic rings. The molecule has 0 radical (unpaired) electrons. The number of hydrogen-bond acceptors (Lipinski definition) is 3. The van der Waals surface area contributed by atoms with Crippen molar-refractivity contribution < 1.29 is 14.0 Å². The zero-order valence-electron chi connectivity index (χ0n) is 14.5. The molecule has 2 amide bonds. The highest BCUT2D eigenvalue weighted by Crippen LogP contribution is 2.40. The molecule has 2 fully saturated rings. The first-order valence-corrected chi connectivity index (χ1v) is 9.17. The summed E-state index contributed by atoms with van der Waals surface area (Å²) in [4.78, 5) is 28.9. The fraction of sp³-hybridized carbons (Fsp3) is 0.579. The number of carbonyl (C=O) groups excluding carboxylic acids is 2. The molecule has 1 aliphatic carbocycles. The van der Waals surface area contributed by atoms with Gasteiger partial charge in [0.25, 0.3) is 5.91 Å². The summed E-state index contributed by atoms with van der Waals surface area (Å²) in [5.74, 6) is -1.47. The molecule has 0 aromatic heterocycles. The Balaban J connectivity index is 1.54. The molecule has 134 valence electrons. The second-order valence-electron chi connectivity index (χ2n) is 7.57. The van der Waals surface area contributed by atoms with E-state index in [1.165, 1.54) is 38.2 Å². The van der Waals surface area contributed by atoms with Crippen LogP contribution >= 0.6 is 0 Å². The van der Waals surface area contributed by atoms with Gasteiger partial charge in [0, 0.05) is 19.1 Å². The van der Waals surface area contributed by atoms with E-state index in [0.717, 1.165) is 19.2 Å². The fourth-order valence-corrected chi connectivity index (χ4v) is 4.74. The van der Waals surface area contributed by atoms with Crippen molar-refractivity contribution in [1.82, 2.24) is 9.80 Å². The van der Waals surface area contributed by atoms with Crippen LogP contribution in [0.1, 0.15) is 71.3 Å². The zero-order chi connectivity index (χ0) is 17.7. The number of nitrogens with two attached hydrogens (primary N) is 1. The molecule has 0 spiro atoms. The van der Waals surface area contributed by atoms with Crippen molar-refractivity contribution in [3.8, 4) is 0 Å². The van der Waals surface area contributed by atoms with E-state index in [0.29, 0.717) is 11.6 Å². The van der Waals surface area contributed by atoms with Crippen molar-refractivity contribution in [1.29, 1.82) is 0 Å². The van der Waals surface area contributed by atoms with Gasteiger partial charge in [-0.05, 0) is 37.5 Å². The summed E-state index contributed by atoms with van der Waals surface area (Å²) in [5, 5.41) is 0. The van der Waals surface area contributed by atoms with Crippen LogP contribution in [0.2, 0.25) is 0 Å². The number of rotatable bonds is 3. The minimum Gasteiger partial charge on any atom is -0.366 e. The third kappa shape index (κ3) is 2.63. The molecule has 3 aliphatic rings. The number of benzene rings is 1. The van der Waals surface area contributed by atoms with Crippen LogP contribution in [-0.4, -0.2) is 46.8 Å². The molecule has 25 heavy (non-hydrogen) atoms. The molecule has 1 saturated carbocycles. The predicted octanol–water partition coefficient (Wildman–Crippen LogP) is 2.46. The number of hydrogen-bond donors (Lipinski definition) is 1. The second kappa shape index (κ2) is 6.09. The molecule has 1 unspecified atom stereocenters. The molecule has 1 aromatic carbocycles. The van der Waals surface area contributed by atoms with Crippen LogP contribution in [0.3, 0.4) is 0 Å². The maximum absolute atomic E-state index is 13.9. The van der Waals surface area contributed by atoms with Crippen molar-refractivity contribution in [2.45, 2.75) is 57.2 Å². The van der Waals surface area contributed by atoms with Gasteiger partial charge in [-0.1, -0.05) is 19.3 Å². The Kier molecular flexibility index (Phi) is 4.02. The lowest BCUT2D eigenvalue weighted by atomic mass is 9.90. The van der Waals surface area contributed by atoms with Crippen molar-refractivity contribution in [3.05, 3.63) is 34.6 Å². The van der Waals surface area contributed by atoms with E-state index in [2.05, 4.69) is 4.90 Å². The molecular weight excluding hydrogens is 321 g/mol. The van der Waals surface area contributed by atoms with Gasteiger partial charge in [-0.2, -0.15) is 0 Å². The average Bonchev–Trinajstić information content (AvgIpc) is 2.79. The minimum atomic E-state index is -0.754. The summed E-state index contributed by atoms with van der Waals surface area (Å²) in [6.07, 6.45) is 6.39. The number of amides is 2. The van der Waals surface area contributed by atoms with E-state index in [1.807, 2.05) is 11.8 Å². The highest BCUT2D eigenvalue weighted by Gasteiger charge is 2.46. The normalized spacial score (nSPS) is 25.1. The number of halogens is 1. The lowest BCUT2D eigenvalue weighted by Gasteiger charge is -2.50. The summed E-state index contributed by atoms with van der Waals surface area (Å²) in [5.41, 5.74) is 6.23. The van der Waals surface area contributed by atoms with Gasteiger partial charge in [-0.3, -0.25) is 14.5 Å². The first-order valence-electron chi connectivity index (χ1n) is 9.17. The van der Waals surface area contributed by atoms with E-state index in [4.69, 9.17) is 5.73 Å². The molecule has 6 heteroatoms. The number of likely N-dealkylation sites (tertiary alicyclic amines) is 1. The molecule has 1 atom stereocenters. The Morgan fingerprint density at radius 1 is 1.16 bits per heavy atom. The van der Waals surface area contributed by atoms with Crippen molar-refractivity contribution in [2.24, 2.45) is 5.73 Å². The van der Waals surface area contributed by atoms with Gasteiger partial charge in [0.2, 0.25) is 5.91 Å². The van der Waals surface area contributed by atoms with Crippen LogP contribution in [0.5, 0.6) is 0 Å². The Morgan fingerprint density at radius 2 is 1.84 bits per heavy atom. The highest BCUT2D eigenvalue weighted by atomic mass is 19.1. The fourth-order valence-electron chi connectivity index (χ4n) is 4.74. The van der Waals surface area contributed by atoms with Gasteiger partial charge >= 0.3 is 0 Å². The van der Waals surface area contributed by atoms with E-state index in [-0.39, 0.29) is 29.1 Å². The van der Waals surface area contributed by atoms with E-state index < -0.39 is 11.7 Å². The third-order valence-electron chi connectivity index (χ3n) is 6.09. The standard InChI is InChI=1S/C19H24FN3O2/c1-11-15-7-12(20)8-16(18(21)24)17(15)19(25)23(11)14-9-22(10-14)13-5-3-2-4-6-13/h7-8,11,13-14H,2-6,9-10H2,1H3,(H2,21,24). The Bertz CT molecular complexity index is 724. The lowest BCUT2D eigenvalue weighted by Crippen LogP contribution is -2.62. The average molecular weight is 345 g/mol. The molecule has 5 nitrogen and oxygen atoms in total. The first-order chi connectivity index (χ1) is 12.0. The minimum absolute atomic E-state index is 0.00203. The van der Waals surface area contributed by atoms with Crippen LogP contribution in [0.4, 0.5) is 4.39 Å². The van der Waals surface area contributed by atoms with E-state index >= 15 is 0 Å². The summed E-state index contributed by atoms with van der Waals surface area (Å²) >= 11 is 0. The predicted molar refractivity (Wildman–Crippen MR) is 91.7 cm³/mol. The van der Waals surface area contributed by atoms with Crippen molar-refractivity contribution in [2.75, 3.05) is 13.1 Å². The van der Waals surface area contributed by atoms with Crippen LogP contribution in [-0.2, 0) is 0 Å². The molecule has 2 heterocycles. The van der Waals surface area contributed by atoms with Gasteiger partial charge < -0.3 is 10.6 Å². The van der Waals surface area contributed by atoms with E-state index in [9.17, 15) is 14.0 Å². The van der Waals surface area contributed by atoms with Crippen LogP contribution in [0.15, 0.2) is 12.1 Å². The van der Waals surface area contributed by atoms with Gasteiger partial charge in [0.15, 0.2) is 0 Å². The maximum Gasteiger partial charge on any atom is 0.255 e.